The van der Waals surface area contributed by atoms with Crippen LogP contribution in [-0.4, -0.2) is 17.2 Å². The number of nitrogen functional groups attached to an aromatic ring is 1. The van der Waals surface area contributed by atoms with Crippen molar-refractivity contribution in [3.63, 3.8) is 0 Å². The van der Waals surface area contributed by atoms with Crippen molar-refractivity contribution in [2.45, 2.75) is 20.3 Å². The number of rotatable bonds is 3. The van der Waals surface area contributed by atoms with Gasteiger partial charge in [0.1, 0.15) is 5.82 Å². The van der Waals surface area contributed by atoms with Crippen molar-refractivity contribution in [1.29, 1.82) is 0 Å². The zero-order valence-electron chi connectivity index (χ0n) is 8.12. The normalized spacial score (nSPS) is 11.7. The van der Waals surface area contributed by atoms with Crippen molar-refractivity contribution >= 4 is 11.5 Å². The molecular weight excluding hydrogens is 162 g/mol. The highest BCUT2D eigenvalue weighted by Gasteiger charge is 1.96. The molecule has 1 rings (SSSR count). The van der Waals surface area contributed by atoms with Gasteiger partial charge in [0.05, 0.1) is 0 Å². The minimum atomic E-state index is 0.548. The molecule has 1 aromatic heterocycles. The Balaban J connectivity index is 2.77. The molecule has 2 N–H and O–H groups in total. The lowest BCUT2D eigenvalue weighted by Crippen LogP contribution is -1.98. The van der Waals surface area contributed by atoms with Crippen LogP contribution < -0.4 is 5.73 Å². The van der Waals surface area contributed by atoms with Crippen molar-refractivity contribution in [2.75, 3.05) is 12.3 Å². The van der Waals surface area contributed by atoms with E-state index in [9.17, 15) is 0 Å². The van der Waals surface area contributed by atoms with Gasteiger partial charge in [0, 0.05) is 24.0 Å². The molecule has 0 aromatic carbocycles. The molecule has 0 unspecified atom stereocenters. The Labute approximate surface area is 78.7 Å². The summed E-state index contributed by atoms with van der Waals surface area (Å²) in [5, 5.41) is 0. The van der Waals surface area contributed by atoms with Crippen LogP contribution in [0.4, 0.5) is 5.82 Å². The van der Waals surface area contributed by atoms with Crippen LogP contribution in [0, 0.1) is 0 Å². The lowest BCUT2D eigenvalue weighted by molar-refractivity contribution is 0.931. The molecule has 3 heteroatoms. The molecule has 1 aromatic rings. The maximum Gasteiger partial charge on any atom is 0.123 e. The summed E-state index contributed by atoms with van der Waals surface area (Å²) in [7, 11) is 0. The third-order valence-electron chi connectivity index (χ3n) is 1.78. The zero-order chi connectivity index (χ0) is 9.68. The van der Waals surface area contributed by atoms with E-state index in [4.69, 9.17) is 5.73 Å². The number of aromatic nitrogens is 1. The Morgan fingerprint density at radius 2 is 2.31 bits per heavy atom. The van der Waals surface area contributed by atoms with Gasteiger partial charge in [-0.25, -0.2) is 4.98 Å². The first kappa shape index (κ1) is 9.71. The molecular formula is C10H15N3. The van der Waals surface area contributed by atoms with Gasteiger partial charge in [0.25, 0.3) is 0 Å². The average Bonchev–Trinajstić information content (AvgIpc) is 2.15. The molecule has 0 fully saturated rings. The topological polar surface area (TPSA) is 51.3 Å². The minimum absolute atomic E-state index is 0.548. The zero-order valence-corrected chi connectivity index (χ0v) is 8.12. The maximum atomic E-state index is 5.48. The number of nitrogens with zero attached hydrogens (tertiary/aromatic N) is 2. The van der Waals surface area contributed by atoms with Crippen molar-refractivity contribution in [2.24, 2.45) is 4.99 Å². The monoisotopic (exact) mass is 177 g/mol. The van der Waals surface area contributed by atoms with Crippen molar-refractivity contribution in [3.05, 3.63) is 23.9 Å². The van der Waals surface area contributed by atoms with E-state index in [1.54, 1.807) is 12.3 Å². The largest absolute Gasteiger partial charge is 0.384 e. The number of anilines is 1. The van der Waals surface area contributed by atoms with Crippen LogP contribution in [0.3, 0.4) is 0 Å². The predicted octanol–water partition coefficient (Wildman–Crippen LogP) is 1.88. The Morgan fingerprint density at radius 1 is 1.54 bits per heavy atom. The van der Waals surface area contributed by atoms with E-state index in [1.165, 1.54) is 0 Å². The average molecular weight is 177 g/mol. The second-order valence-corrected chi connectivity index (χ2v) is 2.94. The summed E-state index contributed by atoms with van der Waals surface area (Å²) in [5.74, 6) is 0.548. The third kappa shape index (κ3) is 2.86. The van der Waals surface area contributed by atoms with Crippen LogP contribution in [0.5, 0.6) is 0 Å². The first-order valence-electron chi connectivity index (χ1n) is 4.47. The van der Waals surface area contributed by atoms with Crippen LogP contribution in [0.2, 0.25) is 0 Å². The van der Waals surface area contributed by atoms with Gasteiger partial charge < -0.3 is 5.73 Å². The number of hydrogen-bond donors (Lipinski definition) is 1. The van der Waals surface area contributed by atoms with Gasteiger partial charge in [-0.05, 0) is 25.5 Å². The number of aliphatic imine (C=N–C) groups is 1. The Morgan fingerprint density at radius 3 is 2.85 bits per heavy atom. The first-order valence-corrected chi connectivity index (χ1v) is 4.47. The highest BCUT2D eigenvalue weighted by atomic mass is 14.8. The van der Waals surface area contributed by atoms with Gasteiger partial charge in [-0.1, -0.05) is 6.92 Å². The molecule has 0 aliphatic carbocycles. The Hall–Kier alpha value is -1.38. The van der Waals surface area contributed by atoms with E-state index in [1.807, 2.05) is 13.0 Å². The Bertz CT molecular complexity index is 288. The molecule has 0 bridgehead atoms. The van der Waals surface area contributed by atoms with Gasteiger partial charge in [-0.15, -0.1) is 0 Å². The molecule has 1 heterocycles. The molecule has 13 heavy (non-hydrogen) atoms. The molecule has 0 saturated heterocycles. The van der Waals surface area contributed by atoms with Crippen LogP contribution in [0.25, 0.3) is 0 Å². The minimum Gasteiger partial charge on any atom is -0.384 e. The standard InChI is InChI=1S/C10H15N3/c1-3-6-12-8(2)9-4-5-10(11)13-7-9/h4-5,7H,3,6H2,1-2H3,(H2,11,13). The summed E-state index contributed by atoms with van der Waals surface area (Å²) in [4.78, 5) is 8.38. The molecule has 0 saturated carbocycles. The van der Waals surface area contributed by atoms with Crippen LogP contribution in [0.1, 0.15) is 25.8 Å². The number of nitrogens with two attached hydrogens (primary N) is 1. The van der Waals surface area contributed by atoms with E-state index in [0.29, 0.717) is 5.82 Å². The molecule has 0 amide bonds. The summed E-state index contributed by atoms with van der Waals surface area (Å²) in [5.41, 5.74) is 7.54. The first-order chi connectivity index (χ1) is 6.24. The quantitative estimate of drug-likeness (QED) is 0.717. The van der Waals surface area contributed by atoms with E-state index in [0.717, 1.165) is 24.2 Å². The molecule has 0 spiro atoms. The lowest BCUT2D eigenvalue weighted by Gasteiger charge is -2.00. The summed E-state index contributed by atoms with van der Waals surface area (Å²) in [6, 6.07) is 3.73. The van der Waals surface area contributed by atoms with Gasteiger partial charge in [-0.3, -0.25) is 4.99 Å². The lowest BCUT2D eigenvalue weighted by atomic mass is 10.2. The van der Waals surface area contributed by atoms with E-state index in [-0.39, 0.29) is 0 Å². The van der Waals surface area contributed by atoms with Crippen molar-refractivity contribution in [3.8, 4) is 0 Å². The maximum absolute atomic E-state index is 5.48. The fourth-order valence-electron chi connectivity index (χ4n) is 0.990. The van der Waals surface area contributed by atoms with E-state index >= 15 is 0 Å². The fourth-order valence-corrected chi connectivity index (χ4v) is 0.990. The highest BCUT2D eigenvalue weighted by molar-refractivity contribution is 5.98. The number of hydrogen-bond acceptors (Lipinski definition) is 3. The molecule has 0 aliphatic rings. The number of pyridine rings is 1. The highest BCUT2D eigenvalue weighted by Crippen LogP contribution is 2.03. The molecule has 0 aliphatic heterocycles. The fraction of sp³-hybridized carbons (Fsp3) is 0.400. The molecule has 0 radical (unpaired) electrons. The van der Waals surface area contributed by atoms with Gasteiger partial charge in [0.15, 0.2) is 0 Å². The van der Waals surface area contributed by atoms with E-state index < -0.39 is 0 Å². The van der Waals surface area contributed by atoms with Gasteiger partial charge >= 0.3 is 0 Å². The third-order valence-corrected chi connectivity index (χ3v) is 1.78. The SMILES string of the molecule is CCCN=C(C)c1ccc(N)nc1. The van der Waals surface area contributed by atoms with Crippen LogP contribution >= 0.6 is 0 Å². The predicted molar refractivity (Wildman–Crippen MR) is 56.0 cm³/mol. The summed E-state index contributed by atoms with van der Waals surface area (Å²) in [6.45, 7) is 4.97. The molecule has 3 nitrogen and oxygen atoms in total. The van der Waals surface area contributed by atoms with E-state index in [2.05, 4.69) is 16.9 Å². The Kier molecular flexibility index (Phi) is 3.43. The second-order valence-electron chi connectivity index (χ2n) is 2.94. The summed E-state index contributed by atoms with van der Waals surface area (Å²) >= 11 is 0. The van der Waals surface area contributed by atoms with Gasteiger partial charge in [0.2, 0.25) is 0 Å². The van der Waals surface area contributed by atoms with Crippen molar-refractivity contribution < 1.29 is 0 Å². The van der Waals surface area contributed by atoms with Gasteiger partial charge in [-0.2, -0.15) is 0 Å². The smallest absolute Gasteiger partial charge is 0.123 e. The van der Waals surface area contributed by atoms with Crippen molar-refractivity contribution in [1.82, 2.24) is 4.98 Å². The molecule has 0 atom stereocenters. The second kappa shape index (κ2) is 4.60. The molecule has 70 valence electrons. The van der Waals surface area contributed by atoms with Crippen LogP contribution in [0.15, 0.2) is 23.3 Å². The van der Waals surface area contributed by atoms with Crippen LogP contribution in [-0.2, 0) is 0 Å². The summed E-state index contributed by atoms with van der Waals surface area (Å²) in [6.07, 6.45) is 2.82. The summed E-state index contributed by atoms with van der Waals surface area (Å²) < 4.78 is 0.